The number of sulfonamides is 1. The predicted octanol–water partition coefficient (Wildman–Crippen LogP) is 4.18. The highest BCUT2D eigenvalue weighted by Crippen LogP contribution is 2.35. The van der Waals surface area contributed by atoms with Gasteiger partial charge in [-0.1, -0.05) is 12.1 Å². The number of fused-ring (bicyclic) bond motifs is 1. The molecular formula is C20H21FN2O2S. The second kappa shape index (κ2) is 6.52. The van der Waals surface area contributed by atoms with Gasteiger partial charge in [-0.2, -0.15) is 4.31 Å². The summed E-state index contributed by atoms with van der Waals surface area (Å²) in [6.07, 6.45) is 3.39. The molecule has 1 N–H and O–H groups in total. The van der Waals surface area contributed by atoms with Crippen LogP contribution in [0.4, 0.5) is 4.39 Å². The van der Waals surface area contributed by atoms with Crippen LogP contribution in [0.25, 0.3) is 10.9 Å². The zero-order valence-electron chi connectivity index (χ0n) is 14.6. The highest BCUT2D eigenvalue weighted by atomic mass is 32.2. The predicted molar refractivity (Wildman–Crippen MR) is 100 cm³/mol. The van der Waals surface area contributed by atoms with Crippen molar-refractivity contribution in [3.8, 4) is 0 Å². The fourth-order valence-corrected chi connectivity index (χ4v) is 5.36. The third kappa shape index (κ3) is 3.04. The van der Waals surface area contributed by atoms with Gasteiger partial charge in [0.1, 0.15) is 5.82 Å². The van der Waals surface area contributed by atoms with E-state index in [2.05, 4.69) is 4.98 Å². The summed E-state index contributed by atoms with van der Waals surface area (Å²) in [6.45, 7) is 2.84. The van der Waals surface area contributed by atoms with Crippen molar-refractivity contribution in [1.29, 1.82) is 0 Å². The fourth-order valence-electron chi connectivity index (χ4n) is 3.78. The molecule has 2 heterocycles. The summed E-state index contributed by atoms with van der Waals surface area (Å²) in [5.41, 5.74) is 2.92. The first-order valence-electron chi connectivity index (χ1n) is 8.78. The van der Waals surface area contributed by atoms with Crippen molar-refractivity contribution in [2.24, 2.45) is 0 Å². The number of rotatable bonds is 3. The van der Waals surface area contributed by atoms with Crippen LogP contribution < -0.4 is 0 Å². The molecule has 1 aliphatic heterocycles. The molecule has 0 aliphatic carbocycles. The van der Waals surface area contributed by atoms with Gasteiger partial charge in [0, 0.05) is 30.2 Å². The van der Waals surface area contributed by atoms with Crippen LogP contribution in [-0.2, 0) is 10.0 Å². The highest BCUT2D eigenvalue weighted by molar-refractivity contribution is 7.89. The van der Waals surface area contributed by atoms with Gasteiger partial charge in [-0.15, -0.1) is 0 Å². The number of nitrogens with zero attached hydrogens (tertiary/aromatic N) is 1. The standard InChI is InChI=1S/C20H21FN2O2S/c1-14-3-2-4-17(11-14)26(24,25)23-9-7-15(8-10-23)19-13-22-20-6-5-16(21)12-18(19)20/h2-6,11-13,15,22H,7-10H2,1H3. The molecule has 3 aromatic rings. The summed E-state index contributed by atoms with van der Waals surface area (Å²) in [7, 11) is -3.46. The van der Waals surface area contributed by atoms with Crippen molar-refractivity contribution < 1.29 is 12.8 Å². The molecule has 6 heteroatoms. The number of nitrogens with one attached hydrogen (secondary N) is 1. The van der Waals surface area contributed by atoms with E-state index in [4.69, 9.17) is 0 Å². The minimum Gasteiger partial charge on any atom is -0.361 e. The number of aromatic nitrogens is 1. The summed E-state index contributed by atoms with van der Waals surface area (Å²) < 4.78 is 40.9. The van der Waals surface area contributed by atoms with Crippen LogP contribution in [0.2, 0.25) is 0 Å². The van der Waals surface area contributed by atoms with Gasteiger partial charge in [-0.25, -0.2) is 12.8 Å². The Bertz CT molecular complexity index is 1050. The topological polar surface area (TPSA) is 53.2 Å². The largest absolute Gasteiger partial charge is 0.361 e. The lowest BCUT2D eigenvalue weighted by Crippen LogP contribution is -2.37. The second-order valence-electron chi connectivity index (χ2n) is 6.93. The minimum atomic E-state index is -3.46. The Labute approximate surface area is 152 Å². The van der Waals surface area contributed by atoms with Gasteiger partial charge in [-0.05, 0) is 67.1 Å². The first-order valence-corrected chi connectivity index (χ1v) is 10.2. The van der Waals surface area contributed by atoms with Crippen molar-refractivity contribution in [2.75, 3.05) is 13.1 Å². The monoisotopic (exact) mass is 372 g/mol. The summed E-state index contributed by atoms with van der Waals surface area (Å²) in [6, 6.07) is 11.8. The van der Waals surface area contributed by atoms with Crippen LogP contribution in [0.5, 0.6) is 0 Å². The number of H-pyrrole nitrogens is 1. The highest BCUT2D eigenvalue weighted by Gasteiger charge is 2.30. The van der Waals surface area contributed by atoms with Crippen LogP contribution in [0.1, 0.15) is 29.9 Å². The number of aromatic amines is 1. The summed E-state index contributed by atoms with van der Waals surface area (Å²) in [5, 5.41) is 0.894. The molecule has 0 bridgehead atoms. The van der Waals surface area contributed by atoms with E-state index in [0.717, 1.165) is 34.9 Å². The number of halogens is 1. The Morgan fingerprint density at radius 3 is 2.62 bits per heavy atom. The molecule has 136 valence electrons. The van der Waals surface area contributed by atoms with Crippen molar-refractivity contribution in [1.82, 2.24) is 9.29 Å². The van der Waals surface area contributed by atoms with E-state index < -0.39 is 10.0 Å². The molecule has 0 radical (unpaired) electrons. The van der Waals surface area contributed by atoms with E-state index in [1.807, 2.05) is 19.2 Å². The van der Waals surface area contributed by atoms with Gasteiger partial charge in [0.05, 0.1) is 4.90 Å². The molecule has 4 rings (SSSR count). The van der Waals surface area contributed by atoms with E-state index in [1.54, 1.807) is 34.6 Å². The lowest BCUT2D eigenvalue weighted by atomic mass is 9.90. The molecule has 1 aliphatic rings. The molecule has 0 atom stereocenters. The normalized spacial score (nSPS) is 17.0. The summed E-state index contributed by atoms with van der Waals surface area (Å²) in [5.74, 6) is -0.0210. The number of hydrogen-bond acceptors (Lipinski definition) is 2. The Balaban J connectivity index is 1.54. The maximum Gasteiger partial charge on any atom is 0.243 e. The molecule has 1 fully saturated rings. The first-order chi connectivity index (χ1) is 12.4. The molecule has 0 unspecified atom stereocenters. The van der Waals surface area contributed by atoms with Crippen LogP contribution in [0.15, 0.2) is 53.6 Å². The van der Waals surface area contributed by atoms with Crippen LogP contribution in [0.3, 0.4) is 0 Å². The molecule has 0 spiro atoms. The lowest BCUT2D eigenvalue weighted by molar-refractivity contribution is 0.320. The van der Waals surface area contributed by atoms with E-state index in [1.165, 1.54) is 6.07 Å². The lowest BCUT2D eigenvalue weighted by Gasteiger charge is -2.31. The molecule has 1 aromatic heterocycles. The summed E-state index contributed by atoms with van der Waals surface area (Å²) in [4.78, 5) is 3.54. The Kier molecular flexibility index (Phi) is 4.32. The smallest absolute Gasteiger partial charge is 0.243 e. The average Bonchev–Trinajstić information content (AvgIpc) is 3.05. The number of benzene rings is 2. The van der Waals surface area contributed by atoms with Crippen molar-refractivity contribution in [2.45, 2.75) is 30.6 Å². The third-order valence-corrected chi connectivity index (χ3v) is 7.09. The van der Waals surface area contributed by atoms with E-state index in [0.29, 0.717) is 18.0 Å². The molecule has 4 nitrogen and oxygen atoms in total. The van der Waals surface area contributed by atoms with Gasteiger partial charge in [0.15, 0.2) is 0 Å². The summed E-state index contributed by atoms with van der Waals surface area (Å²) >= 11 is 0. The third-order valence-electron chi connectivity index (χ3n) is 5.20. The van der Waals surface area contributed by atoms with Crippen LogP contribution in [0, 0.1) is 12.7 Å². The molecule has 1 saturated heterocycles. The minimum absolute atomic E-state index is 0.231. The quantitative estimate of drug-likeness (QED) is 0.750. The van der Waals surface area contributed by atoms with Gasteiger partial charge >= 0.3 is 0 Å². The molecule has 0 amide bonds. The Morgan fingerprint density at radius 1 is 1.12 bits per heavy atom. The zero-order chi connectivity index (χ0) is 18.3. The second-order valence-corrected chi connectivity index (χ2v) is 8.87. The maximum absolute atomic E-state index is 13.6. The number of piperidine rings is 1. The van der Waals surface area contributed by atoms with Gasteiger partial charge in [0.25, 0.3) is 0 Å². The van der Waals surface area contributed by atoms with Gasteiger partial charge in [0.2, 0.25) is 10.0 Å². The molecule has 26 heavy (non-hydrogen) atoms. The Morgan fingerprint density at radius 2 is 1.88 bits per heavy atom. The number of hydrogen-bond donors (Lipinski definition) is 1. The average molecular weight is 372 g/mol. The Hall–Kier alpha value is -2.18. The molecule has 0 saturated carbocycles. The SMILES string of the molecule is Cc1cccc(S(=O)(=O)N2CCC(c3c[nH]c4ccc(F)cc34)CC2)c1. The number of aryl methyl sites for hydroxylation is 1. The van der Waals surface area contributed by atoms with Crippen molar-refractivity contribution >= 4 is 20.9 Å². The molecule has 2 aromatic carbocycles. The van der Waals surface area contributed by atoms with Gasteiger partial charge in [-0.3, -0.25) is 0 Å². The van der Waals surface area contributed by atoms with Gasteiger partial charge < -0.3 is 4.98 Å². The van der Waals surface area contributed by atoms with E-state index >= 15 is 0 Å². The van der Waals surface area contributed by atoms with Crippen molar-refractivity contribution in [3.63, 3.8) is 0 Å². The molecular weight excluding hydrogens is 351 g/mol. The zero-order valence-corrected chi connectivity index (χ0v) is 15.4. The first kappa shape index (κ1) is 17.2. The van der Waals surface area contributed by atoms with E-state index in [-0.39, 0.29) is 11.7 Å². The van der Waals surface area contributed by atoms with E-state index in [9.17, 15) is 12.8 Å². The fraction of sp³-hybridized carbons (Fsp3) is 0.300. The van der Waals surface area contributed by atoms with Crippen molar-refractivity contribution in [3.05, 3.63) is 65.6 Å². The maximum atomic E-state index is 13.6. The van der Waals surface area contributed by atoms with Crippen LogP contribution >= 0.6 is 0 Å². The van der Waals surface area contributed by atoms with Crippen LogP contribution in [-0.4, -0.2) is 30.8 Å².